The minimum absolute atomic E-state index is 0.0224. The normalized spacial score (nSPS) is 25.5. The second kappa shape index (κ2) is 3.28. The topological polar surface area (TPSA) is 38.1 Å². The fraction of sp³-hybridized carbons (Fsp3) is 0.438. The Balaban J connectivity index is 1.86. The number of hydrogen-bond donors (Lipinski definition) is 1. The van der Waals surface area contributed by atoms with Crippen molar-refractivity contribution in [2.45, 2.75) is 38.3 Å². The van der Waals surface area contributed by atoms with E-state index in [2.05, 4.69) is 41.6 Å². The highest BCUT2D eigenvalue weighted by atomic mass is 16.3. The second-order valence-corrected chi connectivity index (χ2v) is 6.80. The Morgan fingerprint density at radius 1 is 1.26 bits per heavy atom. The maximum absolute atomic E-state index is 11.0. The van der Waals surface area contributed by atoms with Gasteiger partial charge in [-0.3, -0.25) is 0 Å². The van der Waals surface area contributed by atoms with Gasteiger partial charge in [-0.1, -0.05) is 38.1 Å². The van der Waals surface area contributed by atoms with Crippen LogP contribution in [0.4, 0.5) is 0 Å². The summed E-state index contributed by atoms with van der Waals surface area (Å²) in [5, 5.41) is 11.0. The molecule has 1 aliphatic carbocycles. The van der Waals surface area contributed by atoms with Gasteiger partial charge >= 0.3 is 0 Å². The number of nitrogens with zero attached hydrogens (tertiary/aromatic N) is 2. The monoisotopic (exact) mass is 254 g/mol. The van der Waals surface area contributed by atoms with Gasteiger partial charge < -0.3 is 9.67 Å². The van der Waals surface area contributed by atoms with Crippen molar-refractivity contribution in [1.82, 2.24) is 9.55 Å². The zero-order valence-corrected chi connectivity index (χ0v) is 11.3. The molecule has 2 heterocycles. The van der Waals surface area contributed by atoms with Crippen molar-refractivity contribution in [3.63, 3.8) is 0 Å². The third-order valence-electron chi connectivity index (χ3n) is 4.55. The number of aromatic nitrogens is 2. The molecular formula is C16H18N2O. The molecule has 0 unspecified atom stereocenters. The molecule has 3 nitrogen and oxygen atoms in total. The van der Waals surface area contributed by atoms with E-state index in [9.17, 15) is 5.11 Å². The molecule has 2 aliphatic rings. The van der Waals surface area contributed by atoms with Crippen LogP contribution in [-0.4, -0.2) is 20.3 Å². The van der Waals surface area contributed by atoms with Crippen molar-refractivity contribution in [3.8, 4) is 11.3 Å². The summed E-state index contributed by atoms with van der Waals surface area (Å²) in [5.41, 5.74) is 3.18. The first-order valence-corrected chi connectivity index (χ1v) is 6.84. The summed E-state index contributed by atoms with van der Waals surface area (Å²) in [6, 6.07) is 8.38. The summed E-state index contributed by atoms with van der Waals surface area (Å²) in [6.45, 7) is 4.44. The maximum Gasteiger partial charge on any atom is 0.0957 e. The predicted molar refractivity (Wildman–Crippen MR) is 73.8 cm³/mol. The molecule has 4 rings (SSSR count). The fourth-order valence-corrected chi connectivity index (χ4v) is 4.18. The molecule has 1 aromatic carbocycles. The number of aliphatic hydroxyl groups is 1. The van der Waals surface area contributed by atoms with Crippen LogP contribution in [0.25, 0.3) is 11.3 Å². The Bertz CT molecular complexity index is 648. The van der Waals surface area contributed by atoms with Crippen molar-refractivity contribution in [1.29, 1.82) is 0 Å². The van der Waals surface area contributed by atoms with Crippen LogP contribution in [0, 0.1) is 5.41 Å². The molecule has 1 N–H and O–H groups in total. The molecule has 1 saturated carbocycles. The van der Waals surface area contributed by atoms with Crippen LogP contribution in [0.2, 0.25) is 0 Å². The quantitative estimate of drug-likeness (QED) is 0.849. The van der Waals surface area contributed by atoms with E-state index in [1.54, 1.807) is 0 Å². The molecule has 0 amide bonds. The van der Waals surface area contributed by atoms with Crippen molar-refractivity contribution in [2.24, 2.45) is 5.41 Å². The zero-order valence-electron chi connectivity index (χ0n) is 11.3. The molecule has 3 heteroatoms. The lowest BCUT2D eigenvalue weighted by molar-refractivity contribution is -0.134. The van der Waals surface area contributed by atoms with E-state index < -0.39 is 5.60 Å². The van der Waals surface area contributed by atoms with Crippen molar-refractivity contribution in [3.05, 3.63) is 42.4 Å². The number of benzene rings is 1. The first kappa shape index (κ1) is 11.2. The molecule has 1 atom stereocenters. The van der Waals surface area contributed by atoms with Crippen LogP contribution in [0.5, 0.6) is 0 Å². The lowest BCUT2D eigenvalue weighted by atomic mass is 9.58. The van der Waals surface area contributed by atoms with Gasteiger partial charge in [-0.15, -0.1) is 0 Å². The molecule has 98 valence electrons. The SMILES string of the molecule is CC1(C)CC(O)([C@H]2c3ccccc3-c3cncn32)C1. The molecular weight excluding hydrogens is 236 g/mol. The minimum Gasteiger partial charge on any atom is -0.387 e. The Labute approximate surface area is 112 Å². The average Bonchev–Trinajstić information content (AvgIpc) is 2.84. The predicted octanol–water partition coefficient (Wildman–Crippen LogP) is 3.00. The highest BCUT2D eigenvalue weighted by molar-refractivity contribution is 5.69. The zero-order chi connectivity index (χ0) is 13.3. The van der Waals surface area contributed by atoms with E-state index in [1.165, 1.54) is 11.1 Å². The lowest BCUT2D eigenvalue weighted by Gasteiger charge is -2.53. The van der Waals surface area contributed by atoms with E-state index >= 15 is 0 Å². The van der Waals surface area contributed by atoms with E-state index in [0.717, 1.165) is 18.5 Å². The van der Waals surface area contributed by atoms with Crippen LogP contribution >= 0.6 is 0 Å². The van der Waals surface area contributed by atoms with Crippen molar-refractivity contribution < 1.29 is 5.11 Å². The average molecular weight is 254 g/mol. The van der Waals surface area contributed by atoms with Gasteiger partial charge in [-0.2, -0.15) is 0 Å². The third-order valence-corrected chi connectivity index (χ3v) is 4.55. The van der Waals surface area contributed by atoms with Gasteiger partial charge in [0.05, 0.1) is 29.9 Å². The number of imidazole rings is 1. The fourth-order valence-electron chi connectivity index (χ4n) is 4.18. The summed E-state index contributed by atoms with van der Waals surface area (Å²) < 4.78 is 2.14. The van der Waals surface area contributed by atoms with Crippen molar-refractivity contribution >= 4 is 0 Å². The first-order valence-electron chi connectivity index (χ1n) is 6.84. The Morgan fingerprint density at radius 2 is 2.00 bits per heavy atom. The van der Waals surface area contributed by atoms with E-state index in [-0.39, 0.29) is 11.5 Å². The Kier molecular flexibility index (Phi) is 1.94. The van der Waals surface area contributed by atoms with Crippen LogP contribution in [0.3, 0.4) is 0 Å². The van der Waals surface area contributed by atoms with Crippen LogP contribution in [0.1, 0.15) is 38.3 Å². The smallest absolute Gasteiger partial charge is 0.0957 e. The maximum atomic E-state index is 11.0. The summed E-state index contributed by atoms with van der Waals surface area (Å²) in [4.78, 5) is 4.25. The van der Waals surface area contributed by atoms with Gasteiger partial charge in [0.2, 0.25) is 0 Å². The molecule has 0 saturated heterocycles. The van der Waals surface area contributed by atoms with E-state index in [1.807, 2.05) is 18.6 Å². The molecule has 1 aromatic heterocycles. The molecule has 0 spiro atoms. The molecule has 1 aliphatic heterocycles. The van der Waals surface area contributed by atoms with Gasteiger partial charge in [0.15, 0.2) is 0 Å². The van der Waals surface area contributed by atoms with Crippen LogP contribution < -0.4 is 0 Å². The van der Waals surface area contributed by atoms with Gasteiger partial charge in [0.1, 0.15) is 0 Å². The summed E-state index contributed by atoms with van der Waals surface area (Å²) in [5.74, 6) is 0. The summed E-state index contributed by atoms with van der Waals surface area (Å²) >= 11 is 0. The molecule has 2 aromatic rings. The van der Waals surface area contributed by atoms with Crippen molar-refractivity contribution in [2.75, 3.05) is 0 Å². The molecule has 0 radical (unpaired) electrons. The van der Waals surface area contributed by atoms with Gasteiger partial charge in [-0.25, -0.2) is 4.98 Å². The van der Waals surface area contributed by atoms with Gasteiger partial charge in [-0.05, 0) is 23.8 Å². The summed E-state index contributed by atoms with van der Waals surface area (Å²) in [7, 11) is 0. The highest BCUT2D eigenvalue weighted by Gasteiger charge is 2.55. The second-order valence-electron chi connectivity index (χ2n) is 6.80. The highest BCUT2D eigenvalue weighted by Crippen LogP contribution is 2.57. The number of hydrogen-bond acceptors (Lipinski definition) is 2. The molecule has 19 heavy (non-hydrogen) atoms. The lowest BCUT2D eigenvalue weighted by Crippen LogP contribution is -2.54. The van der Waals surface area contributed by atoms with Crippen LogP contribution in [-0.2, 0) is 0 Å². The largest absolute Gasteiger partial charge is 0.387 e. The van der Waals surface area contributed by atoms with E-state index in [0.29, 0.717) is 0 Å². The minimum atomic E-state index is -0.633. The van der Waals surface area contributed by atoms with Crippen LogP contribution in [0.15, 0.2) is 36.8 Å². The number of rotatable bonds is 1. The Morgan fingerprint density at radius 3 is 2.74 bits per heavy atom. The van der Waals surface area contributed by atoms with E-state index in [4.69, 9.17) is 0 Å². The molecule has 1 fully saturated rings. The van der Waals surface area contributed by atoms with Gasteiger partial charge in [0.25, 0.3) is 0 Å². The first-order chi connectivity index (χ1) is 9.00. The third kappa shape index (κ3) is 1.39. The standard InChI is InChI=1S/C16H18N2O/c1-15(2)8-16(19,9-15)14-12-6-4-3-5-11(12)13-7-17-10-18(13)14/h3-7,10,14,19H,8-9H2,1-2H3/t14-/m1/s1. The summed E-state index contributed by atoms with van der Waals surface area (Å²) in [6.07, 6.45) is 5.43. The van der Waals surface area contributed by atoms with Gasteiger partial charge in [0, 0.05) is 5.56 Å². The number of fused-ring (bicyclic) bond motifs is 3. The molecule has 0 bridgehead atoms. The Hall–Kier alpha value is -1.61.